The molecule has 0 aliphatic carbocycles. The van der Waals surface area contributed by atoms with E-state index >= 15 is 0 Å². The van der Waals surface area contributed by atoms with Crippen LogP contribution < -0.4 is 4.74 Å². The van der Waals surface area contributed by atoms with E-state index in [0.29, 0.717) is 6.61 Å². The van der Waals surface area contributed by atoms with Gasteiger partial charge >= 0.3 is 0 Å². The number of rotatable bonds is 5. The zero-order valence-corrected chi connectivity index (χ0v) is 11.2. The topological polar surface area (TPSA) is 9.23 Å². The van der Waals surface area contributed by atoms with Crippen LogP contribution in [0.4, 0.5) is 0 Å². The van der Waals surface area contributed by atoms with Crippen molar-refractivity contribution in [1.29, 1.82) is 0 Å². The van der Waals surface area contributed by atoms with E-state index in [1.165, 1.54) is 15.3 Å². The second-order valence-corrected chi connectivity index (χ2v) is 5.26. The molecule has 0 unspecified atom stereocenters. The van der Waals surface area contributed by atoms with E-state index in [0.717, 1.165) is 18.6 Å². The van der Waals surface area contributed by atoms with Crippen LogP contribution in [0.15, 0.2) is 36.4 Å². The molecule has 0 fully saturated rings. The smallest absolute Gasteiger partial charge is 0.122 e. The van der Waals surface area contributed by atoms with E-state index in [-0.39, 0.29) is 0 Å². The Morgan fingerprint density at radius 1 is 0.882 bits per heavy atom. The van der Waals surface area contributed by atoms with Crippen LogP contribution in [-0.4, -0.2) is 0 Å². The molecule has 0 atom stereocenters. The first-order valence-electron chi connectivity index (χ1n) is 6.11. The fraction of sp³-hybridized carbons (Fsp3) is 0.333. The predicted octanol–water partition coefficient (Wildman–Crippen LogP) is 4.45. The molecule has 1 heterocycles. The van der Waals surface area contributed by atoms with Gasteiger partial charge in [-0.3, -0.25) is 0 Å². The number of hydrogen-bond acceptors (Lipinski definition) is 2. The maximum atomic E-state index is 5.76. The third-order valence-corrected chi connectivity index (χ3v) is 3.98. The highest BCUT2D eigenvalue weighted by Crippen LogP contribution is 2.20. The minimum absolute atomic E-state index is 0.677. The van der Waals surface area contributed by atoms with Crippen molar-refractivity contribution in [2.45, 2.75) is 33.3 Å². The minimum Gasteiger partial charge on any atom is -0.488 e. The zero-order valence-electron chi connectivity index (χ0n) is 10.4. The van der Waals surface area contributed by atoms with Gasteiger partial charge in [0.15, 0.2) is 0 Å². The van der Waals surface area contributed by atoms with Gasteiger partial charge in [-0.05, 0) is 42.7 Å². The molecule has 1 nitrogen and oxygen atoms in total. The number of hydrogen-bond donors (Lipinski definition) is 0. The summed E-state index contributed by atoms with van der Waals surface area (Å²) in [6, 6.07) is 12.7. The summed E-state index contributed by atoms with van der Waals surface area (Å²) >= 11 is 1.83. The summed E-state index contributed by atoms with van der Waals surface area (Å²) in [5.41, 5.74) is 1.35. The van der Waals surface area contributed by atoms with Crippen LogP contribution in [0.1, 0.15) is 29.2 Å². The molecule has 1 aromatic carbocycles. The summed E-state index contributed by atoms with van der Waals surface area (Å²) in [4.78, 5) is 2.71. The van der Waals surface area contributed by atoms with Crippen LogP contribution in [-0.2, 0) is 19.4 Å². The third-order valence-electron chi connectivity index (χ3n) is 2.78. The molecule has 90 valence electrons. The summed E-state index contributed by atoms with van der Waals surface area (Å²) in [5, 5.41) is 0. The van der Waals surface area contributed by atoms with Crippen LogP contribution >= 0.6 is 11.3 Å². The van der Waals surface area contributed by atoms with Gasteiger partial charge in [0.1, 0.15) is 12.4 Å². The lowest BCUT2D eigenvalue weighted by molar-refractivity contribution is 0.310. The molecule has 17 heavy (non-hydrogen) atoms. The molecular weight excluding hydrogens is 228 g/mol. The average Bonchev–Trinajstić information content (AvgIpc) is 2.85. The van der Waals surface area contributed by atoms with Gasteiger partial charge in [-0.25, -0.2) is 0 Å². The molecule has 2 heteroatoms. The lowest BCUT2D eigenvalue weighted by atomic mass is 10.2. The van der Waals surface area contributed by atoms with Gasteiger partial charge in [0.25, 0.3) is 0 Å². The Bertz CT molecular complexity index is 456. The summed E-state index contributed by atoms with van der Waals surface area (Å²) in [7, 11) is 0. The van der Waals surface area contributed by atoms with Gasteiger partial charge in [0.05, 0.1) is 0 Å². The van der Waals surface area contributed by atoms with E-state index in [1.807, 2.05) is 23.5 Å². The molecule has 0 saturated heterocycles. The summed E-state index contributed by atoms with van der Waals surface area (Å²) in [6.07, 6.45) is 2.18. The summed E-state index contributed by atoms with van der Waals surface area (Å²) in [6.45, 7) is 5.02. The molecule has 0 aliphatic rings. The molecule has 0 bridgehead atoms. The molecular formula is C15H18OS. The highest BCUT2D eigenvalue weighted by Gasteiger charge is 2.00. The Labute approximate surface area is 107 Å². The van der Waals surface area contributed by atoms with Crippen molar-refractivity contribution in [3.05, 3.63) is 51.7 Å². The molecule has 0 spiro atoms. The Balaban J connectivity index is 1.92. The van der Waals surface area contributed by atoms with Gasteiger partial charge in [0, 0.05) is 9.75 Å². The fourth-order valence-corrected chi connectivity index (χ4v) is 2.54. The number of ether oxygens (including phenoxy) is 1. The van der Waals surface area contributed by atoms with Crippen molar-refractivity contribution < 1.29 is 4.74 Å². The molecule has 0 amide bonds. The molecule has 0 N–H and O–H groups in total. The first kappa shape index (κ1) is 12.2. The van der Waals surface area contributed by atoms with Crippen LogP contribution in [0.5, 0.6) is 5.75 Å². The molecule has 2 rings (SSSR count). The zero-order chi connectivity index (χ0) is 12.1. The maximum Gasteiger partial charge on any atom is 0.122 e. The highest BCUT2D eigenvalue weighted by atomic mass is 32.1. The third kappa shape index (κ3) is 3.34. The Kier molecular flexibility index (Phi) is 4.21. The Morgan fingerprint density at radius 3 is 2.18 bits per heavy atom. The lowest BCUT2D eigenvalue weighted by Crippen LogP contribution is -1.92. The van der Waals surface area contributed by atoms with E-state index in [4.69, 9.17) is 4.74 Å². The Morgan fingerprint density at radius 2 is 1.59 bits per heavy atom. The number of thiophene rings is 1. The van der Waals surface area contributed by atoms with Crippen LogP contribution in [0, 0.1) is 0 Å². The van der Waals surface area contributed by atoms with E-state index in [2.05, 4.69) is 38.1 Å². The molecule has 2 aromatic rings. The second kappa shape index (κ2) is 5.87. The van der Waals surface area contributed by atoms with Crippen molar-refractivity contribution in [3.63, 3.8) is 0 Å². The minimum atomic E-state index is 0.677. The van der Waals surface area contributed by atoms with Crippen molar-refractivity contribution in [1.82, 2.24) is 0 Å². The largest absolute Gasteiger partial charge is 0.488 e. The van der Waals surface area contributed by atoms with Gasteiger partial charge in [-0.15, -0.1) is 11.3 Å². The van der Waals surface area contributed by atoms with Gasteiger partial charge in [-0.1, -0.05) is 26.0 Å². The van der Waals surface area contributed by atoms with Gasteiger partial charge in [-0.2, -0.15) is 0 Å². The van der Waals surface area contributed by atoms with E-state index < -0.39 is 0 Å². The standard InChI is InChI=1S/C15H18OS/c1-3-12-5-7-13(8-6-12)16-11-15-10-9-14(4-2)17-15/h5-10H,3-4,11H2,1-2H3. The summed E-state index contributed by atoms with van der Waals surface area (Å²) in [5.74, 6) is 0.952. The van der Waals surface area contributed by atoms with E-state index in [1.54, 1.807) is 0 Å². The quantitative estimate of drug-likeness (QED) is 0.757. The predicted molar refractivity (Wildman–Crippen MR) is 73.8 cm³/mol. The second-order valence-electron chi connectivity index (χ2n) is 4.01. The normalized spacial score (nSPS) is 10.5. The number of aryl methyl sites for hydroxylation is 2. The summed E-state index contributed by atoms with van der Waals surface area (Å²) < 4.78 is 5.76. The molecule has 0 radical (unpaired) electrons. The molecule has 0 saturated carbocycles. The van der Waals surface area contributed by atoms with Crippen molar-refractivity contribution in [2.75, 3.05) is 0 Å². The Hall–Kier alpha value is -1.28. The first-order chi connectivity index (χ1) is 8.31. The first-order valence-corrected chi connectivity index (χ1v) is 6.92. The molecule has 1 aromatic heterocycles. The van der Waals surface area contributed by atoms with Gasteiger partial charge in [0.2, 0.25) is 0 Å². The maximum absolute atomic E-state index is 5.76. The van der Waals surface area contributed by atoms with Crippen LogP contribution in [0.25, 0.3) is 0 Å². The van der Waals surface area contributed by atoms with Crippen molar-refractivity contribution in [2.24, 2.45) is 0 Å². The van der Waals surface area contributed by atoms with Crippen molar-refractivity contribution >= 4 is 11.3 Å². The lowest BCUT2D eigenvalue weighted by Gasteiger charge is -2.05. The average molecular weight is 246 g/mol. The monoisotopic (exact) mass is 246 g/mol. The van der Waals surface area contributed by atoms with E-state index in [9.17, 15) is 0 Å². The van der Waals surface area contributed by atoms with Crippen LogP contribution in [0.3, 0.4) is 0 Å². The molecule has 0 aliphatic heterocycles. The highest BCUT2D eigenvalue weighted by molar-refractivity contribution is 7.11. The van der Waals surface area contributed by atoms with Crippen molar-refractivity contribution in [3.8, 4) is 5.75 Å². The van der Waals surface area contributed by atoms with Crippen LogP contribution in [0.2, 0.25) is 0 Å². The number of benzene rings is 1. The fourth-order valence-electron chi connectivity index (χ4n) is 1.67. The SMILES string of the molecule is CCc1ccc(OCc2ccc(CC)s2)cc1. The van der Waals surface area contributed by atoms with Gasteiger partial charge < -0.3 is 4.74 Å².